The molecule has 61 heavy (non-hydrogen) atoms. The molecular weight excluding hydrogens is 776 g/mol. The zero-order chi connectivity index (χ0) is 41.0. The highest BCUT2D eigenvalue weighted by atomic mass is 32.2. The number of aryl methyl sites for hydroxylation is 1. The van der Waals surface area contributed by atoms with Gasteiger partial charge in [0.05, 0.1) is 16.7 Å². The first kappa shape index (κ1) is 36.8. The molecule has 8 aromatic carbocycles. The first-order valence-corrected chi connectivity index (χ1v) is 23.4. The van der Waals surface area contributed by atoms with Gasteiger partial charge in [0, 0.05) is 57.8 Å². The summed E-state index contributed by atoms with van der Waals surface area (Å²) in [5, 5.41) is 5.26. The lowest BCUT2D eigenvalue weighted by molar-refractivity contribution is 0.589. The number of para-hydroxylation sites is 2. The molecule has 0 fully saturated rings. The van der Waals surface area contributed by atoms with Gasteiger partial charge in [-0.1, -0.05) is 161 Å². The van der Waals surface area contributed by atoms with Crippen LogP contribution in [-0.2, 0) is 11.8 Å². The van der Waals surface area contributed by atoms with Gasteiger partial charge in [0.1, 0.15) is 0 Å². The Morgan fingerprint density at radius 2 is 1.30 bits per heavy atom. The van der Waals surface area contributed by atoms with Crippen molar-refractivity contribution in [3.63, 3.8) is 0 Å². The summed E-state index contributed by atoms with van der Waals surface area (Å²) in [6.07, 6.45) is 3.30. The number of anilines is 3. The molecule has 5 heteroatoms. The molecule has 0 saturated carbocycles. The van der Waals surface area contributed by atoms with Gasteiger partial charge in [-0.15, -0.1) is 11.3 Å². The third-order valence-electron chi connectivity index (χ3n) is 13.2. The van der Waals surface area contributed by atoms with Gasteiger partial charge in [-0.05, 0) is 106 Å². The van der Waals surface area contributed by atoms with Crippen LogP contribution in [0.3, 0.4) is 0 Å². The second kappa shape index (κ2) is 14.0. The Morgan fingerprint density at radius 3 is 2.05 bits per heavy atom. The smallest absolute Gasteiger partial charge is 0.249 e. The zero-order valence-electron chi connectivity index (χ0n) is 35.0. The van der Waals surface area contributed by atoms with Crippen LogP contribution in [0.5, 0.6) is 0 Å². The van der Waals surface area contributed by atoms with Gasteiger partial charge in [-0.3, -0.25) is 0 Å². The molecular formula is C56H45BN2S2. The maximum absolute atomic E-state index is 2.73. The Kier molecular flexibility index (Phi) is 8.46. The Hall–Kier alpha value is -6.01. The average Bonchev–Trinajstić information content (AvgIpc) is 3.84. The number of fused-ring (bicyclic) bond motifs is 10. The largest absolute Gasteiger partial charge is 0.310 e. The molecule has 10 aromatic rings. The number of hydrogen-bond acceptors (Lipinski definition) is 3. The number of unbranched alkanes of at least 4 members (excludes halogenated alkanes) is 1. The molecule has 0 aliphatic carbocycles. The summed E-state index contributed by atoms with van der Waals surface area (Å²) in [6, 6.07) is 62.3. The average molecular weight is 821 g/mol. The van der Waals surface area contributed by atoms with Crippen LogP contribution in [0.2, 0.25) is 0 Å². The van der Waals surface area contributed by atoms with Crippen molar-refractivity contribution in [3.05, 3.63) is 175 Å². The molecule has 2 nitrogen and oxygen atoms in total. The van der Waals surface area contributed by atoms with E-state index in [1.165, 1.54) is 113 Å². The van der Waals surface area contributed by atoms with E-state index in [9.17, 15) is 0 Å². The van der Waals surface area contributed by atoms with E-state index in [-0.39, 0.29) is 12.1 Å². The number of nitrogens with zero attached hydrogens (tertiary/aromatic N) is 2. The van der Waals surface area contributed by atoms with Crippen molar-refractivity contribution in [2.24, 2.45) is 0 Å². The summed E-state index contributed by atoms with van der Waals surface area (Å²) in [5.74, 6) is 0. The van der Waals surface area contributed by atoms with Gasteiger partial charge in [-0.25, -0.2) is 0 Å². The van der Waals surface area contributed by atoms with Crippen molar-refractivity contribution in [1.82, 2.24) is 4.57 Å². The summed E-state index contributed by atoms with van der Waals surface area (Å²) in [4.78, 5) is 5.44. The van der Waals surface area contributed by atoms with Gasteiger partial charge < -0.3 is 9.47 Å². The third kappa shape index (κ3) is 5.70. The molecule has 0 bridgehead atoms. The van der Waals surface area contributed by atoms with Crippen molar-refractivity contribution < 1.29 is 0 Å². The third-order valence-corrected chi connectivity index (χ3v) is 15.5. The SMILES string of the molecule is CCCCc1ccc2sc3ccccc3c2c1N1c2cc(-n3c4ccccc4c4ccccc43)ccc2B2c3cc(-c4ccccc4)ccc3Sc3cc(C(C)(C)C)cc1c32. The first-order chi connectivity index (χ1) is 29.9. The molecule has 0 saturated heterocycles. The minimum Gasteiger partial charge on any atom is -0.310 e. The second-order valence-electron chi connectivity index (χ2n) is 17.9. The molecule has 4 heterocycles. The minimum absolute atomic E-state index is 0.0536. The van der Waals surface area contributed by atoms with Gasteiger partial charge in [0.2, 0.25) is 6.71 Å². The maximum Gasteiger partial charge on any atom is 0.249 e. The summed E-state index contributed by atoms with van der Waals surface area (Å²) in [6.45, 7) is 9.49. The predicted molar refractivity (Wildman–Crippen MR) is 266 cm³/mol. The molecule has 0 unspecified atom stereocenters. The fraction of sp³-hybridized carbons (Fsp3) is 0.143. The number of aromatic nitrogens is 1. The van der Waals surface area contributed by atoms with Crippen LogP contribution in [0.1, 0.15) is 51.7 Å². The Morgan fingerprint density at radius 1 is 0.574 bits per heavy atom. The molecule has 294 valence electrons. The van der Waals surface area contributed by atoms with Crippen LogP contribution in [0.25, 0.3) is 58.8 Å². The first-order valence-electron chi connectivity index (χ1n) is 21.8. The topological polar surface area (TPSA) is 8.17 Å². The molecule has 0 amide bonds. The van der Waals surface area contributed by atoms with E-state index in [2.05, 4.69) is 201 Å². The molecule has 0 atom stereocenters. The maximum atomic E-state index is 2.73. The fourth-order valence-electron chi connectivity index (χ4n) is 10.2. The van der Waals surface area contributed by atoms with E-state index in [0.29, 0.717) is 0 Å². The van der Waals surface area contributed by atoms with Gasteiger partial charge in [0.25, 0.3) is 0 Å². The van der Waals surface area contributed by atoms with E-state index in [0.717, 1.165) is 19.3 Å². The molecule has 12 rings (SSSR count). The fourth-order valence-corrected chi connectivity index (χ4v) is 12.5. The van der Waals surface area contributed by atoms with Crippen molar-refractivity contribution in [1.29, 1.82) is 0 Å². The van der Waals surface area contributed by atoms with Crippen LogP contribution in [-0.4, -0.2) is 11.3 Å². The van der Waals surface area contributed by atoms with E-state index < -0.39 is 0 Å². The van der Waals surface area contributed by atoms with Crippen LogP contribution < -0.4 is 21.3 Å². The molecule has 0 N–H and O–H groups in total. The monoisotopic (exact) mass is 820 g/mol. The number of hydrogen-bond donors (Lipinski definition) is 0. The number of thiophene rings is 1. The standard InChI is InChI=1S/C56H45BN2S2/c1-5-6-16-36-25-30-51-53(42-21-12-15-24-49(42)60-51)55(36)59-47-34-39(58-45-22-13-10-19-40(45)41-20-11-14-23-46(41)58)27-28-43(47)57-44-31-37(35-17-8-7-9-18-35)26-29-50(44)61-52-33-38(56(2,3)4)32-48(59)54(52)57/h7-15,17-34H,5-6,16H2,1-4H3. The molecule has 2 aliphatic rings. The van der Waals surface area contributed by atoms with Crippen LogP contribution in [0.15, 0.2) is 174 Å². The minimum atomic E-state index is -0.0536. The Labute approximate surface area is 366 Å². The normalized spacial score (nSPS) is 13.3. The Balaban J connectivity index is 1.22. The van der Waals surface area contributed by atoms with E-state index in [4.69, 9.17) is 0 Å². The number of rotatable bonds is 6. The summed E-state index contributed by atoms with van der Waals surface area (Å²) >= 11 is 3.88. The summed E-state index contributed by atoms with van der Waals surface area (Å²) in [7, 11) is 0. The van der Waals surface area contributed by atoms with Crippen LogP contribution in [0.4, 0.5) is 17.1 Å². The molecule has 0 radical (unpaired) electrons. The van der Waals surface area contributed by atoms with Crippen molar-refractivity contribution in [2.45, 2.75) is 62.2 Å². The Bertz CT molecular complexity index is 3330. The van der Waals surface area contributed by atoms with Crippen molar-refractivity contribution in [2.75, 3.05) is 4.90 Å². The highest BCUT2D eigenvalue weighted by Gasteiger charge is 2.43. The second-order valence-corrected chi connectivity index (χ2v) is 20.1. The lowest BCUT2D eigenvalue weighted by Gasteiger charge is -2.42. The summed E-state index contributed by atoms with van der Waals surface area (Å²) in [5.41, 5.74) is 16.9. The number of benzene rings is 8. The van der Waals surface area contributed by atoms with Crippen LogP contribution >= 0.6 is 23.1 Å². The quantitative estimate of drug-likeness (QED) is 0.154. The summed E-state index contributed by atoms with van der Waals surface area (Å²) < 4.78 is 5.17. The van der Waals surface area contributed by atoms with E-state index >= 15 is 0 Å². The van der Waals surface area contributed by atoms with Crippen LogP contribution in [0, 0.1) is 0 Å². The van der Waals surface area contributed by atoms with Gasteiger partial charge in [0.15, 0.2) is 0 Å². The lowest BCUT2D eigenvalue weighted by atomic mass is 9.34. The van der Waals surface area contributed by atoms with Gasteiger partial charge >= 0.3 is 0 Å². The highest BCUT2D eigenvalue weighted by molar-refractivity contribution is 8.00. The molecule has 0 spiro atoms. The zero-order valence-corrected chi connectivity index (χ0v) is 36.6. The van der Waals surface area contributed by atoms with E-state index in [1.54, 1.807) is 0 Å². The molecule has 2 aromatic heterocycles. The predicted octanol–water partition coefficient (Wildman–Crippen LogP) is 14.2. The van der Waals surface area contributed by atoms with Crippen molar-refractivity contribution in [3.8, 4) is 16.8 Å². The lowest BCUT2D eigenvalue weighted by Crippen LogP contribution is -2.60. The highest BCUT2D eigenvalue weighted by Crippen LogP contribution is 2.50. The molecule has 2 aliphatic heterocycles. The van der Waals surface area contributed by atoms with E-state index in [1.807, 2.05) is 23.1 Å². The van der Waals surface area contributed by atoms with Crippen molar-refractivity contribution >= 4 is 105 Å². The van der Waals surface area contributed by atoms with Gasteiger partial charge in [-0.2, -0.15) is 0 Å².